The van der Waals surface area contributed by atoms with Crippen molar-refractivity contribution in [1.29, 1.82) is 0 Å². The summed E-state index contributed by atoms with van der Waals surface area (Å²) in [6.07, 6.45) is 0.295. The Morgan fingerprint density at radius 3 is 3.18 bits per heavy atom. The molecule has 3 aliphatic heterocycles. The molecule has 11 heavy (non-hydrogen) atoms. The summed E-state index contributed by atoms with van der Waals surface area (Å²) in [5.74, 6) is 1.03. The maximum absolute atomic E-state index is 5.61. The van der Waals surface area contributed by atoms with Crippen LogP contribution in [0.4, 0.5) is 0 Å². The van der Waals surface area contributed by atoms with Gasteiger partial charge in [0.1, 0.15) is 11.9 Å². The number of nitrogens with one attached hydrogen (secondary N) is 1. The Morgan fingerprint density at radius 2 is 2.45 bits per heavy atom. The summed E-state index contributed by atoms with van der Waals surface area (Å²) in [5.41, 5.74) is 2.78. The van der Waals surface area contributed by atoms with Gasteiger partial charge in [0.25, 0.3) is 0 Å². The summed E-state index contributed by atoms with van der Waals surface area (Å²) in [4.78, 5) is 0. The first-order valence-electron chi connectivity index (χ1n) is 3.94. The smallest absolute Gasteiger partial charge is 0.136 e. The first-order chi connectivity index (χ1) is 5.43. The fourth-order valence-corrected chi connectivity index (χ4v) is 1.84. The molecule has 2 heteroatoms. The predicted octanol–water partition coefficient (Wildman–Crippen LogP) is 1.22. The van der Waals surface area contributed by atoms with E-state index in [4.69, 9.17) is 4.74 Å². The van der Waals surface area contributed by atoms with Gasteiger partial charge in [-0.25, -0.2) is 0 Å². The number of hydrogen-bond acceptors (Lipinski definition) is 2. The van der Waals surface area contributed by atoms with Gasteiger partial charge in [-0.2, -0.15) is 0 Å². The monoisotopic (exact) mass is 147 g/mol. The summed E-state index contributed by atoms with van der Waals surface area (Å²) >= 11 is 0. The molecule has 0 aliphatic carbocycles. The normalized spacial score (nSPS) is 24.9. The molecule has 1 atom stereocenters. The second-order valence-corrected chi connectivity index (χ2v) is 3.10. The van der Waals surface area contributed by atoms with Crippen molar-refractivity contribution in [1.82, 2.24) is 5.32 Å². The highest BCUT2D eigenvalue weighted by Crippen LogP contribution is 2.35. The zero-order chi connectivity index (χ0) is 7.26. The lowest BCUT2D eigenvalue weighted by Crippen LogP contribution is -2.33. The molecule has 0 fully saturated rings. The van der Waals surface area contributed by atoms with Crippen molar-refractivity contribution < 1.29 is 4.74 Å². The van der Waals surface area contributed by atoms with Crippen molar-refractivity contribution >= 4 is 0 Å². The molecule has 2 nitrogen and oxygen atoms in total. The number of rotatable bonds is 0. The van der Waals surface area contributed by atoms with Crippen LogP contribution in [0, 0.1) is 0 Å². The summed E-state index contributed by atoms with van der Waals surface area (Å²) in [6.45, 7) is 1.96. The zero-order valence-corrected chi connectivity index (χ0v) is 6.13. The highest BCUT2D eigenvalue weighted by molar-refractivity contribution is 5.42. The molecule has 1 unspecified atom stereocenters. The third-order valence-corrected chi connectivity index (χ3v) is 2.38. The Bertz CT molecular complexity index is 308. The lowest BCUT2D eigenvalue weighted by Gasteiger charge is -2.32. The Morgan fingerprint density at radius 1 is 1.45 bits per heavy atom. The minimum absolute atomic E-state index is 0.295. The molecular weight excluding hydrogens is 138 g/mol. The van der Waals surface area contributed by atoms with Gasteiger partial charge in [-0.3, -0.25) is 0 Å². The summed E-state index contributed by atoms with van der Waals surface area (Å²) in [7, 11) is 0. The molecule has 1 aromatic rings. The fraction of sp³-hybridized carbons (Fsp3) is 0.333. The molecular formula is C9H9NO. The van der Waals surface area contributed by atoms with Crippen molar-refractivity contribution in [3.8, 4) is 5.75 Å². The van der Waals surface area contributed by atoms with Crippen LogP contribution < -0.4 is 10.1 Å². The number of hydrogen-bond donors (Lipinski definition) is 1. The van der Waals surface area contributed by atoms with E-state index in [-0.39, 0.29) is 0 Å². The molecule has 4 rings (SSSR count). The van der Waals surface area contributed by atoms with E-state index in [0.717, 1.165) is 18.8 Å². The molecule has 3 heterocycles. The molecule has 4 bridgehead atoms. The fourth-order valence-electron chi connectivity index (χ4n) is 1.84. The molecule has 0 saturated carbocycles. The van der Waals surface area contributed by atoms with Gasteiger partial charge in [-0.15, -0.1) is 0 Å². The SMILES string of the molecule is c1cc2c3cc1OC2CNC3. The molecule has 0 spiro atoms. The quantitative estimate of drug-likeness (QED) is 0.595. The third kappa shape index (κ3) is 0.648. The molecule has 0 saturated heterocycles. The van der Waals surface area contributed by atoms with Crippen LogP contribution in [0.3, 0.4) is 0 Å². The molecule has 1 aromatic carbocycles. The van der Waals surface area contributed by atoms with Gasteiger partial charge >= 0.3 is 0 Å². The van der Waals surface area contributed by atoms with E-state index in [9.17, 15) is 0 Å². The minimum Gasteiger partial charge on any atom is -0.484 e. The van der Waals surface area contributed by atoms with Crippen molar-refractivity contribution in [3.63, 3.8) is 0 Å². The maximum Gasteiger partial charge on any atom is 0.136 e. The van der Waals surface area contributed by atoms with E-state index in [1.165, 1.54) is 11.1 Å². The maximum atomic E-state index is 5.61. The lowest BCUT2D eigenvalue weighted by molar-refractivity contribution is 0.178. The van der Waals surface area contributed by atoms with Crippen molar-refractivity contribution in [2.75, 3.05) is 6.54 Å². The zero-order valence-electron chi connectivity index (χ0n) is 6.13. The van der Waals surface area contributed by atoms with Gasteiger partial charge in [0.2, 0.25) is 0 Å². The number of ether oxygens (including phenoxy) is 1. The van der Waals surface area contributed by atoms with Crippen molar-refractivity contribution in [3.05, 3.63) is 29.3 Å². The first-order valence-corrected chi connectivity index (χ1v) is 3.94. The Hall–Kier alpha value is -1.02. The van der Waals surface area contributed by atoms with Gasteiger partial charge in [0, 0.05) is 13.1 Å². The average Bonchev–Trinajstić information content (AvgIpc) is 2.05. The van der Waals surface area contributed by atoms with Gasteiger partial charge < -0.3 is 10.1 Å². The van der Waals surface area contributed by atoms with Gasteiger partial charge in [-0.1, -0.05) is 6.07 Å². The number of benzene rings is 1. The molecule has 3 aliphatic rings. The standard InChI is InChI=1S/C9H9NO/c1-2-8-6-3-7(1)11-9(8)5-10-4-6/h1-3,9-10H,4-5H2. The van der Waals surface area contributed by atoms with Gasteiger partial charge in [0.05, 0.1) is 0 Å². The van der Waals surface area contributed by atoms with Crippen LogP contribution in [0.5, 0.6) is 5.75 Å². The summed E-state index contributed by atoms with van der Waals surface area (Å²) < 4.78 is 5.61. The third-order valence-electron chi connectivity index (χ3n) is 2.38. The van der Waals surface area contributed by atoms with Crippen LogP contribution >= 0.6 is 0 Å². The average molecular weight is 147 g/mol. The first kappa shape index (κ1) is 5.61. The summed E-state index contributed by atoms with van der Waals surface area (Å²) in [6, 6.07) is 6.35. The van der Waals surface area contributed by atoms with Crippen LogP contribution in [0.15, 0.2) is 18.2 Å². The van der Waals surface area contributed by atoms with Crippen LogP contribution in [-0.4, -0.2) is 6.54 Å². The van der Waals surface area contributed by atoms with Crippen molar-refractivity contribution in [2.45, 2.75) is 12.6 Å². The molecule has 0 radical (unpaired) electrons. The van der Waals surface area contributed by atoms with Crippen LogP contribution in [-0.2, 0) is 6.54 Å². The lowest BCUT2D eigenvalue weighted by atomic mass is 9.96. The molecule has 1 N–H and O–H groups in total. The van der Waals surface area contributed by atoms with E-state index < -0.39 is 0 Å². The number of fused-ring (bicyclic) bond motifs is 1. The minimum atomic E-state index is 0.295. The van der Waals surface area contributed by atoms with Crippen LogP contribution in [0.25, 0.3) is 0 Å². The van der Waals surface area contributed by atoms with E-state index in [2.05, 4.69) is 17.4 Å². The Balaban J connectivity index is 2.28. The van der Waals surface area contributed by atoms with Crippen LogP contribution in [0.2, 0.25) is 0 Å². The largest absolute Gasteiger partial charge is 0.484 e. The van der Waals surface area contributed by atoms with Crippen LogP contribution in [0.1, 0.15) is 17.2 Å². The van der Waals surface area contributed by atoms with Gasteiger partial charge in [0.15, 0.2) is 0 Å². The predicted molar refractivity (Wildman–Crippen MR) is 41.5 cm³/mol. The van der Waals surface area contributed by atoms with E-state index >= 15 is 0 Å². The molecule has 0 aromatic heterocycles. The van der Waals surface area contributed by atoms with Gasteiger partial charge in [-0.05, 0) is 23.3 Å². The highest BCUT2D eigenvalue weighted by Gasteiger charge is 2.26. The molecule has 56 valence electrons. The van der Waals surface area contributed by atoms with E-state index in [1.807, 2.05) is 6.07 Å². The Kier molecular flexibility index (Phi) is 0.902. The molecule has 0 amide bonds. The topological polar surface area (TPSA) is 21.3 Å². The van der Waals surface area contributed by atoms with E-state index in [1.54, 1.807) is 0 Å². The second kappa shape index (κ2) is 1.77. The second-order valence-electron chi connectivity index (χ2n) is 3.10. The van der Waals surface area contributed by atoms with Crippen molar-refractivity contribution in [2.24, 2.45) is 0 Å². The van der Waals surface area contributed by atoms with E-state index in [0.29, 0.717) is 6.10 Å². The highest BCUT2D eigenvalue weighted by atomic mass is 16.5. The Labute approximate surface area is 65.2 Å². The summed E-state index contributed by atoms with van der Waals surface area (Å²) in [5, 5.41) is 3.31.